The molecule has 1 aliphatic carbocycles. The second-order valence-electron chi connectivity index (χ2n) is 15.6. The first-order chi connectivity index (χ1) is 19.9. The number of benzene rings is 2. The average Bonchev–Trinajstić information content (AvgIpc) is 2.90. The van der Waals surface area contributed by atoms with E-state index in [-0.39, 0.29) is 33.9 Å². The van der Waals surface area contributed by atoms with Crippen molar-refractivity contribution in [2.24, 2.45) is 23.7 Å². The molecule has 6 heteroatoms. The summed E-state index contributed by atoms with van der Waals surface area (Å²) in [6.07, 6.45) is 4.79. The van der Waals surface area contributed by atoms with Gasteiger partial charge in [0.25, 0.3) is 8.32 Å². The third kappa shape index (κ3) is 7.81. The minimum atomic E-state index is -2.58. The Balaban J connectivity index is 1.81. The van der Waals surface area contributed by atoms with E-state index in [0.29, 0.717) is 6.61 Å². The van der Waals surface area contributed by atoms with Crippen molar-refractivity contribution in [3.63, 3.8) is 0 Å². The van der Waals surface area contributed by atoms with E-state index in [9.17, 15) is 9.90 Å². The molecule has 4 nitrogen and oxygen atoms in total. The molecule has 0 saturated heterocycles. The van der Waals surface area contributed by atoms with E-state index in [1.54, 1.807) is 0 Å². The van der Waals surface area contributed by atoms with Crippen LogP contribution in [0.15, 0.2) is 72.3 Å². The molecule has 4 atom stereocenters. The lowest BCUT2D eigenvalue weighted by Gasteiger charge is -2.47. The Bertz CT molecular complexity index is 1170. The van der Waals surface area contributed by atoms with Gasteiger partial charge >= 0.3 is 5.97 Å². The van der Waals surface area contributed by atoms with Crippen LogP contribution < -0.4 is 10.4 Å². The lowest BCUT2D eigenvalue weighted by Crippen LogP contribution is -2.66. The second kappa shape index (κ2) is 14.0. The Morgan fingerprint density at radius 1 is 0.860 bits per heavy atom. The maximum absolute atomic E-state index is 12.9. The van der Waals surface area contributed by atoms with Gasteiger partial charge in [-0.25, -0.2) is 0 Å². The summed E-state index contributed by atoms with van der Waals surface area (Å²) in [5.41, 5.74) is 1.17. The molecule has 43 heavy (non-hydrogen) atoms. The minimum absolute atomic E-state index is 0.0111. The quantitative estimate of drug-likeness (QED) is 0.146. The Hall–Kier alpha value is -2.00. The van der Waals surface area contributed by atoms with Crippen LogP contribution in [0.4, 0.5) is 0 Å². The van der Waals surface area contributed by atoms with Crippen LogP contribution in [0, 0.1) is 23.7 Å². The Labute approximate surface area is 264 Å². The van der Waals surface area contributed by atoms with Crippen LogP contribution in [0.25, 0.3) is 0 Å². The number of rotatable bonds is 12. The lowest BCUT2D eigenvalue weighted by atomic mass is 9.65. The van der Waals surface area contributed by atoms with Gasteiger partial charge in [-0.05, 0) is 65.1 Å². The third-order valence-corrected chi connectivity index (χ3v) is 19.7. The highest BCUT2D eigenvalue weighted by Gasteiger charge is 2.50. The average molecular weight is 623 g/mol. The fourth-order valence-electron chi connectivity index (χ4n) is 6.87. The molecule has 0 heterocycles. The smallest absolute Gasteiger partial charge is 0.307 e. The van der Waals surface area contributed by atoms with Crippen molar-refractivity contribution in [2.45, 2.75) is 111 Å². The summed E-state index contributed by atoms with van der Waals surface area (Å²) in [6, 6.07) is 21.5. The molecule has 0 amide bonds. The van der Waals surface area contributed by atoms with Gasteiger partial charge in [0.1, 0.15) is 0 Å². The molecule has 2 aromatic carbocycles. The van der Waals surface area contributed by atoms with Gasteiger partial charge in [0, 0.05) is 12.5 Å². The molecule has 3 rings (SSSR count). The first kappa shape index (κ1) is 35.5. The molecule has 0 aliphatic heterocycles. The zero-order valence-corrected chi connectivity index (χ0v) is 30.7. The van der Waals surface area contributed by atoms with E-state index in [0.717, 1.165) is 19.3 Å². The van der Waals surface area contributed by atoms with Gasteiger partial charge in [-0.15, -0.1) is 0 Å². The van der Waals surface area contributed by atoms with Crippen molar-refractivity contribution in [3.05, 3.63) is 72.3 Å². The molecule has 0 spiro atoms. The number of aliphatic carboxylic acids is 1. The second-order valence-corrected chi connectivity index (χ2v) is 24.6. The number of carboxylic acid groups (broad SMARTS) is 1. The SMILES string of the molecule is CC1=C[C@H](O[Si](C)(C)C(C)(C)C)[C@@H](C(C)C)[C@H](C(=O)O)[C@@H]1CCCCO[Si](c1ccccc1)(c1ccccc1)C(C)(C)C. The summed E-state index contributed by atoms with van der Waals surface area (Å²) in [5, 5.41) is 13.2. The summed E-state index contributed by atoms with van der Waals surface area (Å²) in [5.74, 6) is -0.965. The van der Waals surface area contributed by atoms with Crippen LogP contribution >= 0.6 is 0 Å². The van der Waals surface area contributed by atoms with Crippen LogP contribution in [0.5, 0.6) is 0 Å². The summed E-state index contributed by atoms with van der Waals surface area (Å²) in [6.45, 7) is 25.3. The molecule has 238 valence electrons. The number of hydrogen-bond donors (Lipinski definition) is 1. The zero-order valence-electron chi connectivity index (χ0n) is 28.7. The predicted octanol–water partition coefficient (Wildman–Crippen LogP) is 8.67. The number of hydrogen-bond acceptors (Lipinski definition) is 3. The van der Waals surface area contributed by atoms with Gasteiger partial charge in [0.15, 0.2) is 8.32 Å². The van der Waals surface area contributed by atoms with Gasteiger partial charge in [0.05, 0.1) is 12.0 Å². The lowest BCUT2D eigenvalue weighted by molar-refractivity contribution is -0.149. The fraction of sp³-hybridized carbons (Fsp3) is 0.595. The van der Waals surface area contributed by atoms with E-state index < -0.39 is 28.5 Å². The topological polar surface area (TPSA) is 55.8 Å². The summed E-state index contributed by atoms with van der Waals surface area (Å²) in [7, 11) is -4.65. The van der Waals surface area contributed by atoms with Crippen molar-refractivity contribution in [3.8, 4) is 0 Å². The van der Waals surface area contributed by atoms with Crippen molar-refractivity contribution in [1.29, 1.82) is 0 Å². The maximum atomic E-state index is 12.9. The maximum Gasteiger partial charge on any atom is 0.307 e. The highest BCUT2D eigenvalue weighted by Crippen LogP contribution is 2.46. The van der Waals surface area contributed by atoms with Gasteiger partial charge in [0.2, 0.25) is 0 Å². The van der Waals surface area contributed by atoms with E-state index >= 15 is 0 Å². The van der Waals surface area contributed by atoms with Crippen molar-refractivity contribution in [2.75, 3.05) is 6.61 Å². The summed E-state index contributed by atoms with van der Waals surface area (Å²) in [4.78, 5) is 12.9. The number of allylic oxidation sites excluding steroid dienone is 1. The summed E-state index contributed by atoms with van der Waals surface area (Å²) < 4.78 is 14.0. The molecule has 0 bridgehead atoms. The van der Waals surface area contributed by atoms with Crippen LogP contribution in [-0.4, -0.2) is 40.4 Å². The van der Waals surface area contributed by atoms with E-state index in [2.05, 4.69) is 142 Å². The van der Waals surface area contributed by atoms with Crippen molar-refractivity contribution < 1.29 is 18.8 Å². The molecule has 0 unspecified atom stereocenters. The molecule has 2 aromatic rings. The molecule has 0 saturated carbocycles. The zero-order chi connectivity index (χ0) is 32.2. The van der Waals surface area contributed by atoms with E-state index in [4.69, 9.17) is 8.85 Å². The van der Waals surface area contributed by atoms with Crippen molar-refractivity contribution >= 4 is 33.0 Å². The van der Waals surface area contributed by atoms with Gasteiger partial charge in [-0.2, -0.15) is 0 Å². The highest BCUT2D eigenvalue weighted by molar-refractivity contribution is 6.99. The van der Waals surface area contributed by atoms with Crippen molar-refractivity contribution in [1.82, 2.24) is 0 Å². The van der Waals surface area contributed by atoms with Gasteiger partial charge in [-0.3, -0.25) is 4.79 Å². The molecule has 0 fully saturated rings. The summed E-state index contributed by atoms with van der Waals surface area (Å²) >= 11 is 0. The molecule has 1 N–H and O–H groups in total. The minimum Gasteiger partial charge on any atom is -0.481 e. The molecular weight excluding hydrogens is 565 g/mol. The first-order valence-electron chi connectivity index (χ1n) is 16.3. The number of carbonyl (C=O) groups is 1. The molecule has 1 aliphatic rings. The molecule has 0 radical (unpaired) electrons. The van der Waals surface area contributed by atoms with Crippen LogP contribution in [0.2, 0.25) is 23.2 Å². The third-order valence-electron chi connectivity index (χ3n) is 10.2. The fourth-order valence-corrected chi connectivity index (χ4v) is 12.7. The molecular formula is C37H58O4Si2. The number of unbranched alkanes of at least 4 members (excludes halogenated alkanes) is 1. The Morgan fingerprint density at radius 3 is 1.79 bits per heavy atom. The van der Waals surface area contributed by atoms with Crippen LogP contribution in [0.3, 0.4) is 0 Å². The van der Waals surface area contributed by atoms with Gasteiger partial charge < -0.3 is 14.0 Å². The van der Waals surface area contributed by atoms with E-state index in [1.165, 1.54) is 15.9 Å². The standard InChI is InChI=1S/C37H58O4Si2/c1-27(2)33-32(41-42(10,11)36(4,5)6)26-28(3)31(34(33)35(38)39)24-18-19-25-40-43(37(7,8)9,29-20-14-12-15-21-29)30-22-16-13-17-23-30/h12-17,20-23,26-27,31-34H,18-19,24-25H2,1-11H3,(H,38,39)/t31-,32+,33-,34-/m1/s1. The highest BCUT2D eigenvalue weighted by atomic mass is 28.4. The van der Waals surface area contributed by atoms with Crippen LogP contribution in [0.1, 0.15) is 81.6 Å². The first-order valence-corrected chi connectivity index (χ1v) is 21.1. The molecule has 0 aromatic heterocycles. The largest absolute Gasteiger partial charge is 0.481 e. The monoisotopic (exact) mass is 622 g/mol. The normalized spacial score (nSPS) is 22.0. The van der Waals surface area contributed by atoms with E-state index in [1.807, 2.05) is 0 Å². The Kier molecular flexibility index (Phi) is 11.5. The predicted molar refractivity (Wildman–Crippen MR) is 186 cm³/mol. The van der Waals surface area contributed by atoms with Gasteiger partial charge in [-0.1, -0.05) is 134 Å². The van der Waals surface area contributed by atoms with Crippen LogP contribution in [-0.2, 0) is 13.6 Å². The Morgan fingerprint density at radius 2 is 1.37 bits per heavy atom. The number of carboxylic acids is 1.